The van der Waals surface area contributed by atoms with E-state index >= 15 is 0 Å². The summed E-state index contributed by atoms with van der Waals surface area (Å²) in [5.41, 5.74) is 0.719. The van der Waals surface area contributed by atoms with Gasteiger partial charge in [-0.2, -0.15) is 5.10 Å². The van der Waals surface area contributed by atoms with Gasteiger partial charge >= 0.3 is 5.69 Å². The standard InChI is InChI=1S/C14H15N5O5/c1-2-10-3-4-11(7-13(10)19(23)24)16-14(20)5-6-17-9-12(8-15-17)18(21)22/h3-4,7-9H,2,5-6H2,1H3,(H,16,20). The Morgan fingerprint density at radius 1 is 1.29 bits per heavy atom. The van der Waals surface area contributed by atoms with Gasteiger partial charge in [-0.1, -0.05) is 13.0 Å². The van der Waals surface area contributed by atoms with E-state index in [2.05, 4.69) is 10.4 Å². The lowest BCUT2D eigenvalue weighted by atomic mass is 10.1. The maximum atomic E-state index is 11.9. The molecule has 2 aromatic rings. The number of hydrogen-bond acceptors (Lipinski definition) is 6. The Kier molecular flexibility index (Phi) is 5.20. The Hall–Kier alpha value is -3.30. The van der Waals surface area contributed by atoms with Crippen LogP contribution in [0.1, 0.15) is 18.9 Å². The molecule has 10 nitrogen and oxygen atoms in total. The van der Waals surface area contributed by atoms with Crippen molar-refractivity contribution in [2.24, 2.45) is 0 Å². The summed E-state index contributed by atoms with van der Waals surface area (Å²) in [6.07, 6.45) is 2.88. The number of nitrogens with zero attached hydrogens (tertiary/aromatic N) is 4. The molecule has 0 saturated carbocycles. The number of aryl methyl sites for hydroxylation is 2. The van der Waals surface area contributed by atoms with Gasteiger partial charge in [-0.15, -0.1) is 0 Å². The summed E-state index contributed by atoms with van der Waals surface area (Å²) in [6.45, 7) is 1.97. The fraction of sp³-hybridized carbons (Fsp3) is 0.286. The predicted octanol–water partition coefficient (Wildman–Crippen LogP) is 2.29. The number of nitro benzene ring substituents is 1. The van der Waals surface area contributed by atoms with Crippen molar-refractivity contribution in [2.75, 3.05) is 5.32 Å². The van der Waals surface area contributed by atoms with Gasteiger partial charge in [0.25, 0.3) is 5.69 Å². The van der Waals surface area contributed by atoms with E-state index in [4.69, 9.17) is 0 Å². The van der Waals surface area contributed by atoms with Crippen molar-refractivity contribution in [1.29, 1.82) is 0 Å². The number of nitro groups is 2. The molecule has 0 unspecified atom stereocenters. The van der Waals surface area contributed by atoms with Crippen molar-refractivity contribution in [3.05, 3.63) is 56.4 Å². The molecular weight excluding hydrogens is 318 g/mol. The number of anilines is 1. The van der Waals surface area contributed by atoms with E-state index < -0.39 is 9.85 Å². The first-order chi connectivity index (χ1) is 11.4. The van der Waals surface area contributed by atoms with Crippen molar-refractivity contribution >= 4 is 23.0 Å². The molecule has 24 heavy (non-hydrogen) atoms. The average molecular weight is 333 g/mol. The highest BCUT2D eigenvalue weighted by molar-refractivity contribution is 5.91. The molecule has 2 rings (SSSR count). The summed E-state index contributed by atoms with van der Waals surface area (Å²) in [7, 11) is 0. The molecule has 0 atom stereocenters. The van der Waals surface area contributed by atoms with Crippen LogP contribution in [0.5, 0.6) is 0 Å². The number of carbonyl (C=O) groups excluding carboxylic acids is 1. The number of amides is 1. The van der Waals surface area contributed by atoms with Crippen molar-refractivity contribution in [1.82, 2.24) is 9.78 Å². The Balaban J connectivity index is 1.97. The topological polar surface area (TPSA) is 133 Å². The first-order valence-electron chi connectivity index (χ1n) is 7.14. The van der Waals surface area contributed by atoms with Crippen LogP contribution in [0, 0.1) is 20.2 Å². The molecule has 0 radical (unpaired) electrons. The third-order valence-corrected chi connectivity index (χ3v) is 3.35. The smallest absolute Gasteiger partial charge is 0.306 e. The zero-order valence-electron chi connectivity index (χ0n) is 12.8. The predicted molar refractivity (Wildman–Crippen MR) is 84.6 cm³/mol. The number of carbonyl (C=O) groups is 1. The minimum atomic E-state index is -0.571. The van der Waals surface area contributed by atoms with Crippen LogP contribution in [-0.2, 0) is 17.8 Å². The van der Waals surface area contributed by atoms with Crippen molar-refractivity contribution < 1.29 is 14.6 Å². The first-order valence-corrected chi connectivity index (χ1v) is 7.14. The van der Waals surface area contributed by atoms with Gasteiger partial charge in [0.15, 0.2) is 0 Å². The van der Waals surface area contributed by atoms with Crippen LogP contribution >= 0.6 is 0 Å². The fourth-order valence-corrected chi connectivity index (χ4v) is 2.12. The zero-order valence-corrected chi connectivity index (χ0v) is 12.8. The SMILES string of the molecule is CCc1ccc(NC(=O)CCn2cc([N+](=O)[O-])cn2)cc1[N+](=O)[O-]. The van der Waals surface area contributed by atoms with Crippen LogP contribution < -0.4 is 5.32 Å². The Labute approximate surface area is 136 Å². The van der Waals surface area contributed by atoms with E-state index in [1.165, 1.54) is 16.9 Å². The van der Waals surface area contributed by atoms with Gasteiger partial charge in [0.2, 0.25) is 5.91 Å². The summed E-state index contributed by atoms with van der Waals surface area (Å²) in [6, 6.07) is 4.52. The van der Waals surface area contributed by atoms with Gasteiger partial charge in [0, 0.05) is 30.3 Å². The van der Waals surface area contributed by atoms with E-state index in [-0.39, 0.29) is 30.2 Å². The molecule has 1 heterocycles. The van der Waals surface area contributed by atoms with Gasteiger partial charge in [0.05, 0.1) is 9.85 Å². The lowest BCUT2D eigenvalue weighted by Crippen LogP contribution is -2.15. The summed E-state index contributed by atoms with van der Waals surface area (Å²) in [5.74, 6) is -0.369. The molecule has 1 amide bonds. The van der Waals surface area contributed by atoms with Crippen LogP contribution in [-0.4, -0.2) is 25.5 Å². The van der Waals surface area contributed by atoms with Crippen LogP contribution in [0.3, 0.4) is 0 Å². The number of benzene rings is 1. The number of rotatable bonds is 7. The molecule has 1 N–H and O–H groups in total. The quantitative estimate of drug-likeness (QED) is 0.610. The van der Waals surface area contributed by atoms with E-state index in [9.17, 15) is 25.0 Å². The van der Waals surface area contributed by atoms with Crippen LogP contribution in [0.15, 0.2) is 30.6 Å². The molecule has 1 aromatic heterocycles. The second kappa shape index (κ2) is 7.31. The van der Waals surface area contributed by atoms with Crippen LogP contribution in [0.25, 0.3) is 0 Å². The van der Waals surface area contributed by atoms with Crippen LogP contribution in [0.4, 0.5) is 17.1 Å². The summed E-state index contributed by atoms with van der Waals surface area (Å²) in [4.78, 5) is 32.4. The lowest BCUT2D eigenvalue weighted by Gasteiger charge is -2.07. The molecule has 0 aliphatic heterocycles. The van der Waals surface area contributed by atoms with E-state index in [1.807, 2.05) is 6.92 Å². The molecule has 1 aromatic carbocycles. The molecule has 0 fully saturated rings. The van der Waals surface area contributed by atoms with Gasteiger partial charge in [0.1, 0.15) is 12.4 Å². The highest BCUT2D eigenvalue weighted by atomic mass is 16.6. The fourth-order valence-electron chi connectivity index (χ4n) is 2.12. The molecule has 0 aliphatic rings. The number of aromatic nitrogens is 2. The third kappa shape index (κ3) is 4.12. The van der Waals surface area contributed by atoms with E-state index in [0.29, 0.717) is 17.7 Å². The number of hydrogen-bond donors (Lipinski definition) is 1. The number of nitrogens with one attached hydrogen (secondary N) is 1. The third-order valence-electron chi connectivity index (χ3n) is 3.35. The molecule has 0 spiro atoms. The van der Waals surface area contributed by atoms with E-state index in [0.717, 1.165) is 6.20 Å². The minimum Gasteiger partial charge on any atom is -0.326 e. The molecule has 10 heteroatoms. The average Bonchev–Trinajstić information content (AvgIpc) is 3.02. The van der Waals surface area contributed by atoms with Crippen molar-refractivity contribution in [3.8, 4) is 0 Å². The van der Waals surface area contributed by atoms with Crippen LogP contribution in [0.2, 0.25) is 0 Å². The van der Waals surface area contributed by atoms with Crippen molar-refractivity contribution in [3.63, 3.8) is 0 Å². The lowest BCUT2D eigenvalue weighted by molar-refractivity contribution is -0.385. The van der Waals surface area contributed by atoms with Gasteiger partial charge in [-0.3, -0.25) is 29.7 Å². The van der Waals surface area contributed by atoms with Crippen molar-refractivity contribution in [2.45, 2.75) is 26.3 Å². The normalized spacial score (nSPS) is 10.4. The molecule has 0 saturated heterocycles. The van der Waals surface area contributed by atoms with E-state index in [1.54, 1.807) is 12.1 Å². The second-order valence-corrected chi connectivity index (χ2v) is 4.97. The Bertz CT molecular complexity index is 786. The maximum Gasteiger partial charge on any atom is 0.306 e. The Morgan fingerprint density at radius 2 is 2.04 bits per heavy atom. The zero-order chi connectivity index (χ0) is 17.7. The summed E-state index contributed by atoms with van der Waals surface area (Å²) >= 11 is 0. The summed E-state index contributed by atoms with van der Waals surface area (Å²) in [5, 5.41) is 27.9. The second-order valence-electron chi connectivity index (χ2n) is 4.97. The highest BCUT2D eigenvalue weighted by Crippen LogP contribution is 2.23. The minimum absolute atomic E-state index is 0.0299. The molecule has 0 bridgehead atoms. The van der Waals surface area contributed by atoms with Gasteiger partial charge in [-0.05, 0) is 12.5 Å². The Morgan fingerprint density at radius 3 is 2.62 bits per heavy atom. The first kappa shape index (κ1) is 17.1. The maximum absolute atomic E-state index is 11.9. The molecule has 0 aliphatic carbocycles. The highest BCUT2D eigenvalue weighted by Gasteiger charge is 2.14. The molecular formula is C14H15N5O5. The van der Waals surface area contributed by atoms with Gasteiger partial charge < -0.3 is 5.32 Å². The largest absolute Gasteiger partial charge is 0.326 e. The van der Waals surface area contributed by atoms with Gasteiger partial charge in [-0.25, -0.2) is 0 Å². The molecule has 126 valence electrons. The summed E-state index contributed by atoms with van der Waals surface area (Å²) < 4.78 is 1.29. The monoisotopic (exact) mass is 333 g/mol.